The third-order valence-electron chi connectivity index (χ3n) is 1.49. The topological polar surface area (TPSA) is 74.2 Å². The number of pyridine rings is 1. The number of rotatable bonds is 1. The van der Waals surface area contributed by atoms with Crippen LogP contribution in [-0.4, -0.2) is 26.4 Å². The van der Waals surface area contributed by atoms with Gasteiger partial charge < -0.3 is 10.2 Å². The van der Waals surface area contributed by atoms with Gasteiger partial charge in [-0.1, -0.05) is 5.16 Å². The molecular formula is C7H6N4O. The van der Waals surface area contributed by atoms with Crippen molar-refractivity contribution in [2.45, 2.75) is 0 Å². The average molecular weight is 162 g/mol. The minimum absolute atomic E-state index is 0.581. The van der Waals surface area contributed by atoms with Crippen LogP contribution in [0.25, 0.3) is 11.2 Å². The Kier molecular flexibility index (Phi) is 1.48. The lowest BCUT2D eigenvalue weighted by Gasteiger charge is -1.89. The summed E-state index contributed by atoms with van der Waals surface area (Å²) in [4.78, 5) is 10.9. The van der Waals surface area contributed by atoms with Crippen molar-refractivity contribution in [3.05, 3.63) is 24.2 Å². The third-order valence-corrected chi connectivity index (χ3v) is 1.49. The van der Waals surface area contributed by atoms with Gasteiger partial charge in [-0.25, -0.2) is 9.97 Å². The fourth-order valence-electron chi connectivity index (χ4n) is 0.968. The van der Waals surface area contributed by atoms with Gasteiger partial charge in [-0.15, -0.1) is 0 Å². The molecule has 0 aliphatic heterocycles. The zero-order chi connectivity index (χ0) is 8.39. The molecule has 60 valence electrons. The van der Waals surface area contributed by atoms with Gasteiger partial charge in [0.05, 0.1) is 23.8 Å². The van der Waals surface area contributed by atoms with E-state index in [1.807, 2.05) is 6.07 Å². The predicted octanol–water partition coefficient (Wildman–Crippen LogP) is 0.766. The standard InChI is InChI=1S/C7H6N4O/c12-10-3-5-1-2-6-7(11-5)9-4-8-6/h1-4,12H,(H,8,9,11)/b10-3+. The first-order valence-corrected chi connectivity index (χ1v) is 3.38. The van der Waals surface area contributed by atoms with E-state index >= 15 is 0 Å². The molecule has 2 N–H and O–H groups in total. The molecule has 0 aliphatic rings. The maximum Gasteiger partial charge on any atom is 0.177 e. The molecule has 0 atom stereocenters. The molecule has 0 unspecified atom stereocenters. The van der Waals surface area contributed by atoms with E-state index in [2.05, 4.69) is 20.1 Å². The number of nitrogens with zero attached hydrogens (tertiary/aromatic N) is 3. The normalized spacial score (nSPS) is 11.3. The van der Waals surface area contributed by atoms with Crippen molar-refractivity contribution in [3.63, 3.8) is 0 Å². The number of fused-ring (bicyclic) bond motifs is 1. The van der Waals surface area contributed by atoms with Crippen molar-refractivity contribution in [1.29, 1.82) is 0 Å². The third kappa shape index (κ3) is 1.01. The van der Waals surface area contributed by atoms with E-state index in [0.29, 0.717) is 11.3 Å². The van der Waals surface area contributed by atoms with E-state index < -0.39 is 0 Å². The van der Waals surface area contributed by atoms with E-state index in [9.17, 15) is 0 Å². The van der Waals surface area contributed by atoms with Gasteiger partial charge >= 0.3 is 0 Å². The molecule has 0 aliphatic carbocycles. The average Bonchev–Trinajstić information content (AvgIpc) is 2.51. The van der Waals surface area contributed by atoms with Crippen LogP contribution in [0.4, 0.5) is 0 Å². The number of nitrogens with one attached hydrogen (secondary N) is 1. The molecule has 2 rings (SSSR count). The van der Waals surface area contributed by atoms with E-state index in [4.69, 9.17) is 5.21 Å². The molecule has 0 fully saturated rings. The summed E-state index contributed by atoms with van der Waals surface area (Å²) in [5.74, 6) is 0. The molecule has 0 bridgehead atoms. The van der Waals surface area contributed by atoms with E-state index in [0.717, 1.165) is 5.52 Å². The second-order valence-electron chi connectivity index (χ2n) is 2.25. The zero-order valence-electron chi connectivity index (χ0n) is 6.10. The van der Waals surface area contributed by atoms with Crippen molar-refractivity contribution < 1.29 is 5.21 Å². The number of hydrogen-bond donors (Lipinski definition) is 2. The molecule has 0 spiro atoms. The molecule has 0 radical (unpaired) electrons. The smallest absolute Gasteiger partial charge is 0.177 e. The summed E-state index contributed by atoms with van der Waals surface area (Å²) in [5, 5.41) is 11.1. The van der Waals surface area contributed by atoms with Gasteiger partial charge in [0.2, 0.25) is 0 Å². The van der Waals surface area contributed by atoms with Crippen LogP contribution in [-0.2, 0) is 0 Å². The lowest BCUT2D eigenvalue weighted by molar-refractivity contribution is 0.321. The lowest BCUT2D eigenvalue weighted by Crippen LogP contribution is -1.87. The second kappa shape index (κ2) is 2.61. The van der Waals surface area contributed by atoms with Crippen molar-refractivity contribution in [2.75, 3.05) is 0 Å². The van der Waals surface area contributed by atoms with Gasteiger partial charge in [0.1, 0.15) is 0 Å². The Labute approximate surface area is 67.8 Å². The molecule has 0 aromatic carbocycles. The van der Waals surface area contributed by atoms with E-state index in [1.54, 1.807) is 12.4 Å². The van der Waals surface area contributed by atoms with Crippen LogP contribution in [0.2, 0.25) is 0 Å². The zero-order valence-corrected chi connectivity index (χ0v) is 6.10. The Morgan fingerprint density at radius 2 is 2.42 bits per heavy atom. The van der Waals surface area contributed by atoms with Crippen LogP contribution in [0.15, 0.2) is 23.6 Å². The molecule has 12 heavy (non-hydrogen) atoms. The van der Waals surface area contributed by atoms with E-state index in [1.165, 1.54) is 6.21 Å². The number of H-pyrrole nitrogens is 1. The molecule has 2 heterocycles. The fraction of sp³-hybridized carbons (Fsp3) is 0. The van der Waals surface area contributed by atoms with Gasteiger partial charge in [-0.3, -0.25) is 0 Å². The SMILES string of the molecule is O/N=C/c1ccc2[nH]cnc2n1. The molecule has 2 aromatic rings. The maximum atomic E-state index is 8.24. The first kappa shape index (κ1) is 6.78. The minimum Gasteiger partial charge on any atom is -0.411 e. The largest absolute Gasteiger partial charge is 0.411 e. The van der Waals surface area contributed by atoms with Crippen LogP contribution >= 0.6 is 0 Å². The number of imidazole rings is 1. The number of aromatic amines is 1. The molecule has 0 saturated carbocycles. The number of hydrogen-bond acceptors (Lipinski definition) is 4. The predicted molar refractivity (Wildman–Crippen MR) is 43.3 cm³/mol. The molecule has 5 heteroatoms. The van der Waals surface area contributed by atoms with Crippen LogP contribution in [0.1, 0.15) is 5.69 Å². The van der Waals surface area contributed by atoms with Gasteiger partial charge in [0.25, 0.3) is 0 Å². The number of oxime groups is 1. The van der Waals surface area contributed by atoms with Crippen molar-refractivity contribution in [1.82, 2.24) is 15.0 Å². The Bertz CT molecular complexity index is 420. The van der Waals surface area contributed by atoms with Crippen molar-refractivity contribution in [2.24, 2.45) is 5.16 Å². The highest BCUT2D eigenvalue weighted by Crippen LogP contribution is 2.05. The first-order chi connectivity index (χ1) is 5.90. The minimum atomic E-state index is 0.581. The summed E-state index contributed by atoms with van der Waals surface area (Å²) < 4.78 is 0. The quantitative estimate of drug-likeness (QED) is 0.369. The van der Waals surface area contributed by atoms with Crippen molar-refractivity contribution >= 4 is 17.4 Å². The second-order valence-corrected chi connectivity index (χ2v) is 2.25. The van der Waals surface area contributed by atoms with Crippen LogP contribution in [0.5, 0.6) is 0 Å². The monoisotopic (exact) mass is 162 g/mol. The van der Waals surface area contributed by atoms with Crippen molar-refractivity contribution in [3.8, 4) is 0 Å². The fourth-order valence-corrected chi connectivity index (χ4v) is 0.968. The Morgan fingerprint density at radius 3 is 3.25 bits per heavy atom. The van der Waals surface area contributed by atoms with Crippen LogP contribution in [0.3, 0.4) is 0 Å². The molecular weight excluding hydrogens is 156 g/mol. The molecule has 0 amide bonds. The summed E-state index contributed by atoms with van der Waals surface area (Å²) in [6, 6.07) is 3.56. The van der Waals surface area contributed by atoms with Gasteiger partial charge in [-0.05, 0) is 12.1 Å². The Hall–Kier alpha value is -1.91. The van der Waals surface area contributed by atoms with Gasteiger partial charge in [0.15, 0.2) is 5.65 Å². The summed E-state index contributed by atoms with van der Waals surface area (Å²) in [6.07, 6.45) is 2.83. The Morgan fingerprint density at radius 1 is 1.50 bits per heavy atom. The van der Waals surface area contributed by atoms with E-state index in [-0.39, 0.29) is 0 Å². The summed E-state index contributed by atoms with van der Waals surface area (Å²) in [7, 11) is 0. The number of aromatic nitrogens is 3. The highest BCUT2D eigenvalue weighted by molar-refractivity contribution is 5.81. The van der Waals surface area contributed by atoms with Crippen LogP contribution in [0, 0.1) is 0 Å². The highest BCUT2D eigenvalue weighted by Gasteiger charge is 1.96. The summed E-state index contributed by atoms with van der Waals surface area (Å²) >= 11 is 0. The molecule has 0 saturated heterocycles. The summed E-state index contributed by atoms with van der Waals surface area (Å²) in [6.45, 7) is 0. The lowest BCUT2D eigenvalue weighted by atomic mass is 10.3. The highest BCUT2D eigenvalue weighted by atomic mass is 16.4. The van der Waals surface area contributed by atoms with Gasteiger partial charge in [-0.2, -0.15) is 0 Å². The maximum absolute atomic E-state index is 8.24. The molecule has 2 aromatic heterocycles. The van der Waals surface area contributed by atoms with Crippen LogP contribution < -0.4 is 0 Å². The summed E-state index contributed by atoms with van der Waals surface area (Å²) in [5.41, 5.74) is 2.06. The van der Waals surface area contributed by atoms with Gasteiger partial charge in [0, 0.05) is 0 Å². The first-order valence-electron chi connectivity index (χ1n) is 3.38. The Balaban J connectivity index is 2.60. The molecule has 5 nitrogen and oxygen atoms in total.